The van der Waals surface area contributed by atoms with Crippen LogP contribution in [-0.4, -0.2) is 19.4 Å². The van der Waals surface area contributed by atoms with Gasteiger partial charge in [0.25, 0.3) is 0 Å². The highest BCUT2D eigenvalue weighted by Crippen LogP contribution is 1.98. The second-order valence-electron chi connectivity index (χ2n) is 1.62. The van der Waals surface area contributed by atoms with Gasteiger partial charge in [-0.15, -0.1) is 0 Å². The lowest BCUT2D eigenvalue weighted by Gasteiger charge is -2.08. The number of halogens is 1. The topological polar surface area (TPSA) is 9.23 Å². The first kappa shape index (κ1) is 6.89. The van der Waals surface area contributed by atoms with E-state index in [0.29, 0.717) is 0 Å². The van der Waals surface area contributed by atoms with Gasteiger partial charge < -0.3 is 4.74 Å². The van der Waals surface area contributed by atoms with E-state index in [2.05, 4.69) is 4.74 Å². The zero-order valence-corrected chi connectivity index (χ0v) is 4.94. The summed E-state index contributed by atoms with van der Waals surface area (Å²) in [6, 6.07) is 0. The molecule has 0 fully saturated rings. The van der Waals surface area contributed by atoms with Crippen LogP contribution in [0.2, 0.25) is 0 Å². The van der Waals surface area contributed by atoms with Gasteiger partial charge in [0.05, 0.1) is 6.10 Å². The van der Waals surface area contributed by atoms with Crippen molar-refractivity contribution in [3.8, 4) is 0 Å². The Morgan fingerprint density at radius 2 is 1.86 bits per heavy atom. The molecule has 0 bridgehead atoms. The van der Waals surface area contributed by atoms with Crippen molar-refractivity contribution in [3.05, 3.63) is 0 Å². The second kappa shape index (κ2) is 2.97. The summed E-state index contributed by atoms with van der Waals surface area (Å²) in [6.07, 6.45) is -1.12. The first-order valence-corrected chi connectivity index (χ1v) is 2.35. The standard InChI is InChI=1S/C5H11FO/c1-4(6)5(2)7-3/h4-5H,1-3H3. The van der Waals surface area contributed by atoms with Gasteiger partial charge in [-0.2, -0.15) is 0 Å². The molecular weight excluding hydrogens is 95.1 g/mol. The van der Waals surface area contributed by atoms with E-state index < -0.39 is 6.17 Å². The molecule has 7 heavy (non-hydrogen) atoms. The van der Waals surface area contributed by atoms with Crippen molar-refractivity contribution in [2.24, 2.45) is 0 Å². The molecular formula is C5H11FO. The molecule has 0 N–H and O–H groups in total. The third kappa shape index (κ3) is 2.57. The Morgan fingerprint density at radius 1 is 1.43 bits per heavy atom. The van der Waals surface area contributed by atoms with E-state index in [-0.39, 0.29) is 6.10 Å². The summed E-state index contributed by atoms with van der Waals surface area (Å²) in [7, 11) is 1.50. The van der Waals surface area contributed by atoms with Gasteiger partial charge in [0.2, 0.25) is 0 Å². The summed E-state index contributed by atoms with van der Waals surface area (Å²) in [5.74, 6) is 0. The molecule has 0 aliphatic heterocycles. The molecule has 0 radical (unpaired) electrons. The maximum Gasteiger partial charge on any atom is 0.123 e. The van der Waals surface area contributed by atoms with Crippen LogP contribution in [0.1, 0.15) is 13.8 Å². The van der Waals surface area contributed by atoms with Crippen LogP contribution in [-0.2, 0) is 4.74 Å². The lowest BCUT2D eigenvalue weighted by molar-refractivity contribution is 0.0541. The zero-order chi connectivity index (χ0) is 5.86. The van der Waals surface area contributed by atoms with Crippen LogP contribution in [0.25, 0.3) is 0 Å². The maximum absolute atomic E-state index is 12.0. The van der Waals surface area contributed by atoms with E-state index in [0.717, 1.165) is 0 Å². The molecule has 0 spiro atoms. The molecule has 44 valence electrons. The summed E-state index contributed by atoms with van der Waals surface area (Å²) < 4.78 is 16.6. The summed E-state index contributed by atoms with van der Waals surface area (Å²) in [5, 5.41) is 0. The van der Waals surface area contributed by atoms with E-state index in [9.17, 15) is 4.39 Å². The van der Waals surface area contributed by atoms with Crippen molar-refractivity contribution in [3.63, 3.8) is 0 Å². The van der Waals surface area contributed by atoms with Crippen LogP contribution in [0.3, 0.4) is 0 Å². The fourth-order valence-corrected chi connectivity index (χ4v) is 0.188. The summed E-state index contributed by atoms with van der Waals surface area (Å²) in [5.41, 5.74) is 0. The number of ether oxygens (including phenoxy) is 1. The SMILES string of the molecule is COC(C)C(C)F. The third-order valence-electron chi connectivity index (χ3n) is 1.02. The van der Waals surface area contributed by atoms with Gasteiger partial charge in [-0.25, -0.2) is 4.39 Å². The highest BCUT2D eigenvalue weighted by Gasteiger charge is 2.06. The van der Waals surface area contributed by atoms with Gasteiger partial charge in [-0.3, -0.25) is 0 Å². The number of alkyl halides is 1. The number of hydrogen-bond acceptors (Lipinski definition) is 1. The molecule has 0 saturated heterocycles. The molecule has 2 unspecified atom stereocenters. The van der Waals surface area contributed by atoms with Gasteiger partial charge in [0.1, 0.15) is 6.17 Å². The molecule has 0 aliphatic carbocycles. The molecule has 0 saturated carbocycles. The van der Waals surface area contributed by atoms with Crippen molar-refractivity contribution in [2.75, 3.05) is 7.11 Å². The molecule has 0 amide bonds. The Bertz CT molecular complexity index is 45.3. The minimum atomic E-state index is -0.856. The Kier molecular flexibility index (Phi) is 2.92. The van der Waals surface area contributed by atoms with Crippen molar-refractivity contribution in [1.29, 1.82) is 0 Å². The van der Waals surface area contributed by atoms with Gasteiger partial charge in [0, 0.05) is 7.11 Å². The predicted octanol–water partition coefficient (Wildman–Crippen LogP) is 1.38. The summed E-state index contributed by atoms with van der Waals surface area (Å²) in [6.45, 7) is 3.18. The van der Waals surface area contributed by atoms with Gasteiger partial charge >= 0.3 is 0 Å². The number of rotatable bonds is 2. The average Bonchev–Trinajstić information content (AvgIpc) is 1.65. The molecule has 0 aliphatic rings. The molecule has 0 heterocycles. The molecule has 2 atom stereocenters. The third-order valence-corrected chi connectivity index (χ3v) is 1.02. The molecule has 0 aromatic carbocycles. The quantitative estimate of drug-likeness (QED) is 0.516. The first-order chi connectivity index (χ1) is 3.18. The highest BCUT2D eigenvalue weighted by atomic mass is 19.1. The monoisotopic (exact) mass is 106 g/mol. The van der Waals surface area contributed by atoms with Crippen LogP contribution >= 0.6 is 0 Å². The van der Waals surface area contributed by atoms with E-state index >= 15 is 0 Å². The van der Waals surface area contributed by atoms with Gasteiger partial charge in [-0.1, -0.05) is 0 Å². The van der Waals surface area contributed by atoms with Crippen molar-refractivity contribution >= 4 is 0 Å². The lowest BCUT2D eigenvalue weighted by Crippen LogP contribution is -2.16. The van der Waals surface area contributed by atoms with Crippen LogP contribution in [0.15, 0.2) is 0 Å². The van der Waals surface area contributed by atoms with Crippen LogP contribution in [0.4, 0.5) is 4.39 Å². The fourth-order valence-electron chi connectivity index (χ4n) is 0.188. The Balaban J connectivity index is 3.14. The summed E-state index contributed by atoms with van der Waals surface area (Å²) in [4.78, 5) is 0. The molecule has 0 rings (SSSR count). The molecule has 0 aromatic rings. The van der Waals surface area contributed by atoms with Crippen molar-refractivity contribution < 1.29 is 9.13 Å². The lowest BCUT2D eigenvalue weighted by atomic mass is 10.3. The fraction of sp³-hybridized carbons (Fsp3) is 1.00. The second-order valence-corrected chi connectivity index (χ2v) is 1.62. The van der Waals surface area contributed by atoms with Gasteiger partial charge in [0.15, 0.2) is 0 Å². The first-order valence-electron chi connectivity index (χ1n) is 2.35. The Morgan fingerprint density at radius 3 is 1.86 bits per heavy atom. The van der Waals surface area contributed by atoms with E-state index in [4.69, 9.17) is 0 Å². The number of methoxy groups -OCH3 is 1. The maximum atomic E-state index is 12.0. The minimum Gasteiger partial charge on any atom is -0.379 e. The van der Waals surface area contributed by atoms with Crippen molar-refractivity contribution in [2.45, 2.75) is 26.1 Å². The number of hydrogen-bond donors (Lipinski definition) is 0. The highest BCUT2D eigenvalue weighted by molar-refractivity contribution is 4.54. The molecule has 1 nitrogen and oxygen atoms in total. The minimum absolute atomic E-state index is 0.264. The van der Waals surface area contributed by atoms with E-state index in [1.165, 1.54) is 14.0 Å². The molecule has 2 heteroatoms. The summed E-state index contributed by atoms with van der Waals surface area (Å²) >= 11 is 0. The Hall–Kier alpha value is -0.110. The van der Waals surface area contributed by atoms with Gasteiger partial charge in [-0.05, 0) is 13.8 Å². The largest absolute Gasteiger partial charge is 0.379 e. The van der Waals surface area contributed by atoms with E-state index in [1.54, 1.807) is 6.92 Å². The van der Waals surface area contributed by atoms with Crippen LogP contribution in [0, 0.1) is 0 Å². The smallest absolute Gasteiger partial charge is 0.123 e. The average molecular weight is 106 g/mol. The molecule has 0 aromatic heterocycles. The normalized spacial score (nSPS) is 18.9. The Labute approximate surface area is 43.5 Å². The van der Waals surface area contributed by atoms with Crippen molar-refractivity contribution in [1.82, 2.24) is 0 Å². The predicted molar refractivity (Wildman–Crippen MR) is 27.0 cm³/mol. The van der Waals surface area contributed by atoms with E-state index in [1.807, 2.05) is 0 Å². The van der Waals surface area contributed by atoms with Crippen LogP contribution in [0.5, 0.6) is 0 Å². The van der Waals surface area contributed by atoms with Crippen LogP contribution < -0.4 is 0 Å². The zero-order valence-electron chi connectivity index (χ0n) is 4.94.